The average molecular weight is 483 g/mol. The van der Waals surface area contributed by atoms with Crippen LogP contribution in [0.15, 0.2) is 48.8 Å². The first-order valence-electron chi connectivity index (χ1n) is 12.0. The van der Waals surface area contributed by atoms with Crippen LogP contribution in [0, 0.1) is 11.7 Å². The van der Waals surface area contributed by atoms with Gasteiger partial charge in [-0.3, -0.25) is 9.59 Å². The number of benzene rings is 1. The number of aromatic nitrogens is 2. The molecule has 1 amide bonds. The van der Waals surface area contributed by atoms with Gasteiger partial charge in [-0.05, 0) is 68.5 Å². The van der Waals surface area contributed by atoms with Crippen molar-refractivity contribution in [1.82, 2.24) is 14.9 Å². The molecule has 9 heteroatoms. The molecule has 1 aliphatic carbocycles. The molecule has 2 unspecified atom stereocenters. The molecule has 186 valence electrons. The Hall–Kier alpha value is -3.62. The van der Waals surface area contributed by atoms with Gasteiger partial charge in [0.15, 0.2) is 0 Å². The first-order valence-corrected chi connectivity index (χ1v) is 12.0. The van der Waals surface area contributed by atoms with Crippen LogP contribution in [0.2, 0.25) is 0 Å². The van der Waals surface area contributed by atoms with Crippen LogP contribution >= 0.6 is 0 Å². The molecule has 2 aromatic heterocycles. The molecule has 2 N–H and O–H groups in total. The van der Waals surface area contributed by atoms with Crippen molar-refractivity contribution in [3.05, 3.63) is 60.2 Å². The van der Waals surface area contributed by atoms with Crippen molar-refractivity contribution in [2.75, 3.05) is 25.1 Å². The number of hydrogen-bond acceptors (Lipinski definition) is 5. The number of aliphatic carboxylic acids is 1. The Morgan fingerprint density at radius 3 is 2.54 bits per heavy atom. The van der Waals surface area contributed by atoms with Crippen molar-refractivity contribution in [3.8, 4) is 5.75 Å². The third-order valence-corrected chi connectivity index (χ3v) is 6.63. The second-order valence-electron chi connectivity index (χ2n) is 9.00. The van der Waals surface area contributed by atoms with Gasteiger partial charge in [0.2, 0.25) is 0 Å². The van der Waals surface area contributed by atoms with Gasteiger partial charge in [0.1, 0.15) is 11.6 Å². The summed E-state index contributed by atoms with van der Waals surface area (Å²) in [5, 5.41) is 16.5. The Morgan fingerprint density at radius 2 is 1.86 bits per heavy atom. The van der Waals surface area contributed by atoms with E-state index in [1.165, 1.54) is 25.0 Å². The van der Waals surface area contributed by atoms with Gasteiger partial charge < -0.3 is 20.1 Å². The van der Waals surface area contributed by atoms with Gasteiger partial charge in [-0.25, -0.2) is 8.91 Å². The average Bonchev–Trinajstić information content (AvgIpc) is 3.55. The zero-order valence-corrected chi connectivity index (χ0v) is 19.8. The zero-order valence-electron chi connectivity index (χ0n) is 19.8. The van der Waals surface area contributed by atoms with E-state index in [2.05, 4.69) is 15.3 Å². The van der Waals surface area contributed by atoms with Crippen LogP contribution in [0.4, 0.5) is 10.1 Å². The molecule has 0 spiro atoms. The monoisotopic (exact) mass is 482 g/mol. The van der Waals surface area contributed by atoms with Crippen LogP contribution in [0.5, 0.6) is 5.75 Å². The highest BCUT2D eigenvalue weighted by molar-refractivity contribution is 6.01. The molecule has 35 heavy (non-hydrogen) atoms. The summed E-state index contributed by atoms with van der Waals surface area (Å²) in [4.78, 5) is 26.3. The van der Waals surface area contributed by atoms with Gasteiger partial charge in [-0.2, -0.15) is 5.10 Å². The summed E-state index contributed by atoms with van der Waals surface area (Å²) < 4.78 is 18.7. The summed E-state index contributed by atoms with van der Waals surface area (Å²) in [6, 6.07) is 9.84. The van der Waals surface area contributed by atoms with E-state index in [1.54, 1.807) is 30.0 Å². The summed E-state index contributed by atoms with van der Waals surface area (Å²) in [5.41, 5.74) is 2.45. The van der Waals surface area contributed by atoms with E-state index in [1.807, 2.05) is 18.3 Å². The van der Waals surface area contributed by atoms with Gasteiger partial charge in [0.05, 0.1) is 30.3 Å². The highest BCUT2D eigenvalue weighted by Gasteiger charge is 2.28. The number of hydrogen-bond donors (Lipinski definition) is 2. The maximum Gasteiger partial charge on any atom is 0.306 e. The normalized spacial score (nSPS) is 19.7. The number of fused-ring (bicyclic) bond motifs is 1. The van der Waals surface area contributed by atoms with Crippen LogP contribution in [-0.2, 0) is 4.79 Å². The van der Waals surface area contributed by atoms with Crippen LogP contribution in [0.3, 0.4) is 0 Å². The van der Waals surface area contributed by atoms with Crippen molar-refractivity contribution in [2.24, 2.45) is 5.92 Å². The van der Waals surface area contributed by atoms with Gasteiger partial charge in [-0.1, -0.05) is 6.42 Å². The Balaban J connectivity index is 0.000000271. The lowest BCUT2D eigenvalue weighted by Crippen LogP contribution is -2.39. The summed E-state index contributed by atoms with van der Waals surface area (Å²) in [6.45, 7) is 2.09. The van der Waals surface area contributed by atoms with E-state index in [-0.39, 0.29) is 23.7 Å². The standard InChI is InChI=1S/C19H24N4O3.C7H7FO/c24-18(21-14-5-3-4-13(10-14)19(25)26)16-12-20-23-9-6-15(11-17(16)23)22-7-1-2-8-22;1-9-7-4-2-6(8)3-5-7/h6,9,11-14H,1-5,7-8,10H2,(H,21,24)(H,25,26);2-5H,1H3. The summed E-state index contributed by atoms with van der Waals surface area (Å²) in [7, 11) is 1.55. The van der Waals surface area contributed by atoms with E-state index in [0.29, 0.717) is 24.2 Å². The third-order valence-electron chi connectivity index (χ3n) is 6.63. The molecule has 0 bridgehead atoms. The first-order chi connectivity index (χ1) is 16.9. The zero-order chi connectivity index (χ0) is 24.8. The van der Waals surface area contributed by atoms with Gasteiger partial charge in [0, 0.05) is 31.0 Å². The topological polar surface area (TPSA) is 96.2 Å². The summed E-state index contributed by atoms with van der Waals surface area (Å²) in [5.74, 6) is -0.864. The second-order valence-corrected chi connectivity index (χ2v) is 9.00. The smallest absolute Gasteiger partial charge is 0.306 e. The van der Waals surface area contributed by atoms with E-state index in [0.717, 1.165) is 37.1 Å². The number of carbonyl (C=O) groups excluding carboxylic acids is 1. The SMILES string of the molecule is COc1ccc(F)cc1.O=C(NC1CCCC(C(=O)O)C1)c1cnn2ccc(N3CCCC3)cc12. The fraction of sp³-hybridized carbons (Fsp3) is 0.423. The number of pyridine rings is 1. The molecule has 2 aliphatic rings. The van der Waals surface area contributed by atoms with E-state index in [9.17, 15) is 19.1 Å². The van der Waals surface area contributed by atoms with Crippen LogP contribution in [0.25, 0.3) is 5.52 Å². The number of carboxylic acid groups (broad SMARTS) is 1. The Morgan fingerprint density at radius 1 is 1.11 bits per heavy atom. The Kier molecular flexibility index (Phi) is 7.84. The number of anilines is 1. The maximum atomic E-state index is 12.8. The van der Waals surface area contributed by atoms with Crippen LogP contribution in [0.1, 0.15) is 48.9 Å². The van der Waals surface area contributed by atoms with Crippen molar-refractivity contribution >= 4 is 23.1 Å². The lowest BCUT2D eigenvalue weighted by Gasteiger charge is -2.27. The molecule has 8 nitrogen and oxygen atoms in total. The minimum atomic E-state index is -0.768. The number of nitrogens with one attached hydrogen (secondary N) is 1. The predicted molar refractivity (Wildman–Crippen MR) is 130 cm³/mol. The first kappa shape index (κ1) is 24.5. The number of nitrogens with zero attached hydrogens (tertiary/aromatic N) is 3. The predicted octanol–water partition coefficient (Wildman–Crippen LogP) is 4.14. The van der Waals surface area contributed by atoms with Gasteiger partial charge in [0.25, 0.3) is 5.91 Å². The van der Waals surface area contributed by atoms with Crippen molar-refractivity contribution in [2.45, 2.75) is 44.6 Å². The summed E-state index contributed by atoms with van der Waals surface area (Å²) >= 11 is 0. The van der Waals surface area contributed by atoms with E-state index >= 15 is 0 Å². The fourth-order valence-electron chi connectivity index (χ4n) is 4.70. The number of ether oxygens (including phenoxy) is 1. The maximum absolute atomic E-state index is 12.8. The van der Waals surface area contributed by atoms with E-state index in [4.69, 9.17) is 4.74 Å². The molecule has 5 rings (SSSR count). The van der Waals surface area contributed by atoms with Gasteiger partial charge >= 0.3 is 5.97 Å². The minimum Gasteiger partial charge on any atom is -0.497 e. The molecule has 2 atom stereocenters. The highest BCUT2D eigenvalue weighted by atomic mass is 19.1. The molecule has 1 aromatic carbocycles. The Labute approximate surface area is 203 Å². The number of rotatable bonds is 5. The lowest BCUT2D eigenvalue weighted by atomic mass is 9.85. The van der Waals surface area contributed by atoms with Crippen LogP contribution < -0.4 is 15.0 Å². The highest BCUT2D eigenvalue weighted by Crippen LogP contribution is 2.26. The number of methoxy groups -OCH3 is 1. The van der Waals surface area contributed by atoms with Crippen molar-refractivity contribution in [1.29, 1.82) is 0 Å². The number of carbonyl (C=O) groups is 2. The summed E-state index contributed by atoms with van der Waals surface area (Å²) in [6.07, 6.45) is 8.73. The molecule has 3 aromatic rings. The molecule has 2 fully saturated rings. The van der Waals surface area contributed by atoms with Crippen molar-refractivity contribution in [3.63, 3.8) is 0 Å². The van der Waals surface area contributed by atoms with E-state index < -0.39 is 5.97 Å². The molecule has 1 aliphatic heterocycles. The second kappa shape index (κ2) is 11.2. The molecular weight excluding hydrogens is 451 g/mol. The molecule has 0 radical (unpaired) electrons. The largest absolute Gasteiger partial charge is 0.497 e. The number of amides is 1. The Bertz CT molecular complexity index is 1160. The molecule has 1 saturated heterocycles. The lowest BCUT2D eigenvalue weighted by molar-refractivity contribution is -0.143. The molecule has 1 saturated carbocycles. The minimum absolute atomic E-state index is 0.0888. The number of halogens is 1. The van der Waals surface area contributed by atoms with Gasteiger partial charge in [-0.15, -0.1) is 0 Å². The van der Waals surface area contributed by atoms with Crippen molar-refractivity contribution < 1.29 is 23.8 Å². The molecule has 3 heterocycles. The fourth-order valence-corrected chi connectivity index (χ4v) is 4.70. The van der Waals surface area contributed by atoms with Crippen LogP contribution in [-0.4, -0.2) is 52.8 Å². The molecular formula is C26H31FN4O4. The number of carboxylic acids is 1. The quantitative estimate of drug-likeness (QED) is 0.567. The third kappa shape index (κ3) is 6.09.